The van der Waals surface area contributed by atoms with Gasteiger partial charge >= 0.3 is 0 Å². The van der Waals surface area contributed by atoms with Crippen molar-refractivity contribution in [2.75, 3.05) is 0 Å². The highest BCUT2D eigenvalue weighted by atomic mass is 16.1. The molecule has 1 fully saturated rings. The molecule has 0 atom stereocenters. The summed E-state index contributed by atoms with van der Waals surface area (Å²) < 4.78 is 0. The van der Waals surface area contributed by atoms with Crippen LogP contribution in [0.2, 0.25) is 0 Å². The molecule has 2 aromatic carbocycles. The van der Waals surface area contributed by atoms with Crippen LogP contribution in [0, 0.1) is 0 Å². The zero-order valence-electron chi connectivity index (χ0n) is 11.1. The Bertz CT molecular complexity index is 612. The molecule has 0 heterocycles. The second-order valence-electron chi connectivity index (χ2n) is 5.45. The zero-order chi connectivity index (χ0) is 13.2. The lowest BCUT2D eigenvalue weighted by molar-refractivity contribution is 0.100. The Balaban J connectivity index is 2.15. The van der Waals surface area contributed by atoms with Gasteiger partial charge in [0.25, 0.3) is 0 Å². The second-order valence-corrected chi connectivity index (χ2v) is 5.45. The summed E-state index contributed by atoms with van der Waals surface area (Å²) in [5.41, 5.74) is 7.49. The first-order chi connectivity index (χ1) is 9.27. The molecule has 19 heavy (non-hydrogen) atoms. The smallest absolute Gasteiger partial charge is 0.249 e. The summed E-state index contributed by atoms with van der Waals surface area (Å²) in [6.07, 6.45) is 6.51. The van der Waals surface area contributed by atoms with Crippen LogP contribution in [0.15, 0.2) is 36.4 Å². The minimum Gasteiger partial charge on any atom is -0.366 e. The minimum atomic E-state index is -0.341. The quantitative estimate of drug-likeness (QED) is 0.864. The molecule has 0 radical (unpaired) electrons. The first-order valence-corrected chi connectivity index (χ1v) is 7.09. The van der Waals surface area contributed by atoms with Crippen LogP contribution in [0.25, 0.3) is 10.8 Å². The van der Waals surface area contributed by atoms with Crippen molar-refractivity contribution in [2.45, 2.75) is 38.0 Å². The molecule has 1 aliphatic rings. The van der Waals surface area contributed by atoms with Gasteiger partial charge in [-0.2, -0.15) is 0 Å². The van der Waals surface area contributed by atoms with E-state index in [-0.39, 0.29) is 5.91 Å². The molecule has 0 saturated heterocycles. The van der Waals surface area contributed by atoms with E-state index < -0.39 is 0 Å². The zero-order valence-corrected chi connectivity index (χ0v) is 11.1. The number of primary amides is 1. The molecule has 98 valence electrons. The second kappa shape index (κ2) is 5.04. The van der Waals surface area contributed by atoms with Gasteiger partial charge in [0.2, 0.25) is 5.91 Å². The van der Waals surface area contributed by atoms with Crippen LogP contribution in [0.5, 0.6) is 0 Å². The van der Waals surface area contributed by atoms with Crippen LogP contribution in [0.1, 0.15) is 53.9 Å². The SMILES string of the molecule is NC(=O)c1cccc2c(C3CCCCC3)cccc12. The maximum Gasteiger partial charge on any atom is 0.249 e. The van der Waals surface area contributed by atoms with Crippen molar-refractivity contribution in [1.29, 1.82) is 0 Å². The fourth-order valence-electron chi connectivity index (χ4n) is 3.32. The molecule has 2 heteroatoms. The van der Waals surface area contributed by atoms with Crippen molar-refractivity contribution in [3.05, 3.63) is 47.5 Å². The van der Waals surface area contributed by atoms with Gasteiger partial charge in [-0.15, -0.1) is 0 Å². The lowest BCUT2D eigenvalue weighted by Gasteiger charge is -2.23. The van der Waals surface area contributed by atoms with Gasteiger partial charge in [-0.3, -0.25) is 4.79 Å². The third kappa shape index (κ3) is 2.23. The van der Waals surface area contributed by atoms with Crippen molar-refractivity contribution in [1.82, 2.24) is 0 Å². The number of hydrogen-bond acceptors (Lipinski definition) is 1. The number of rotatable bonds is 2. The first kappa shape index (κ1) is 12.2. The van der Waals surface area contributed by atoms with E-state index in [4.69, 9.17) is 5.73 Å². The van der Waals surface area contributed by atoms with Crippen molar-refractivity contribution in [2.24, 2.45) is 5.73 Å². The van der Waals surface area contributed by atoms with Gasteiger partial charge in [-0.25, -0.2) is 0 Å². The lowest BCUT2D eigenvalue weighted by atomic mass is 9.81. The summed E-state index contributed by atoms with van der Waals surface area (Å²) in [6.45, 7) is 0. The largest absolute Gasteiger partial charge is 0.366 e. The number of nitrogens with two attached hydrogens (primary N) is 1. The van der Waals surface area contributed by atoms with Crippen LogP contribution in [-0.4, -0.2) is 5.91 Å². The number of hydrogen-bond donors (Lipinski definition) is 1. The highest BCUT2D eigenvalue weighted by Crippen LogP contribution is 2.36. The van der Waals surface area contributed by atoms with Gasteiger partial charge in [0.05, 0.1) is 0 Å². The van der Waals surface area contributed by atoms with E-state index in [9.17, 15) is 4.79 Å². The van der Waals surface area contributed by atoms with Gasteiger partial charge in [0.15, 0.2) is 0 Å². The van der Waals surface area contributed by atoms with E-state index >= 15 is 0 Å². The van der Waals surface area contributed by atoms with Gasteiger partial charge in [-0.1, -0.05) is 49.6 Å². The van der Waals surface area contributed by atoms with E-state index in [0.717, 1.165) is 5.39 Å². The van der Waals surface area contributed by atoms with Crippen molar-refractivity contribution >= 4 is 16.7 Å². The molecule has 2 nitrogen and oxygen atoms in total. The van der Waals surface area contributed by atoms with Gasteiger partial charge in [-0.05, 0) is 41.2 Å². The predicted molar refractivity (Wildman–Crippen MR) is 78.3 cm³/mol. The number of carbonyl (C=O) groups excluding carboxylic acids is 1. The molecule has 0 spiro atoms. The van der Waals surface area contributed by atoms with Crippen molar-refractivity contribution < 1.29 is 4.79 Å². The van der Waals surface area contributed by atoms with Crippen molar-refractivity contribution in [3.63, 3.8) is 0 Å². The summed E-state index contributed by atoms with van der Waals surface area (Å²) in [5, 5.41) is 2.20. The topological polar surface area (TPSA) is 43.1 Å². The number of carbonyl (C=O) groups is 1. The van der Waals surface area contributed by atoms with Crippen LogP contribution in [-0.2, 0) is 0 Å². The van der Waals surface area contributed by atoms with E-state index in [2.05, 4.69) is 18.2 Å². The number of amides is 1. The molecule has 0 aromatic heterocycles. The molecule has 3 rings (SSSR count). The number of fused-ring (bicyclic) bond motifs is 1. The van der Waals surface area contributed by atoms with Crippen LogP contribution < -0.4 is 5.73 Å². The molecule has 1 amide bonds. The Morgan fingerprint density at radius 1 is 0.947 bits per heavy atom. The molecule has 1 aliphatic carbocycles. The maximum absolute atomic E-state index is 11.5. The van der Waals surface area contributed by atoms with E-state index in [1.807, 2.05) is 18.2 Å². The predicted octanol–water partition coefficient (Wildman–Crippen LogP) is 3.99. The van der Waals surface area contributed by atoms with Gasteiger partial charge in [0, 0.05) is 5.56 Å². The molecule has 1 saturated carbocycles. The third-order valence-corrected chi connectivity index (χ3v) is 4.27. The Morgan fingerprint density at radius 3 is 2.37 bits per heavy atom. The Hall–Kier alpha value is -1.83. The molecule has 0 aliphatic heterocycles. The van der Waals surface area contributed by atoms with Gasteiger partial charge in [0.1, 0.15) is 0 Å². The molecule has 0 unspecified atom stereocenters. The number of benzene rings is 2. The molecule has 0 bridgehead atoms. The molecule has 2 aromatic rings. The van der Waals surface area contributed by atoms with Gasteiger partial charge < -0.3 is 5.73 Å². The fraction of sp³-hybridized carbons (Fsp3) is 0.353. The highest BCUT2D eigenvalue weighted by molar-refractivity contribution is 6.07. The lowest BCUT2D eigenvalue weighted by Crippen LogP contribution is -2.12. The first-order valence-electron chi connectivity index (χ1n) is 7.09. The average Bonchev–Trinajstić information content (AvgIpc) is 2.46. The summed E-state index contributed by atoms with van der Waals surface area (Å²) in [5.74, 6) is 0.298. The molecule has 2 N–H and O–H groups in total. The highest BCUT2D eigenvalue weighted by Gasteiger charge is 2.18. The van der Waals surface area contributed by atoms with E-state index in [1.54, 1.807) is 0 Å². The fourth-order valence-corrected chi connectivity index (χ4v) is 3.32. The summed E-state index contributed by atoms with van der Waals surface area (Å²) >= 11 is 0. The Kier molecular flexibility index (Phi) is 3.24. The Labute approximate surface area is 113 Å². The van der Waals surface area contributed by atoms with Crippen LogP contribution >= 0.6 is 0 Å². The summed E-state index contributed by atoms with van der Waals surface area (Å²) in [6, 6.07) is 12.1. The summed E-state index contributed by atoms with van der Waals surface area (Å²) in [7, 11) is 0. The average molecular weight is 253 g/mol. The van der Waals surface area contributed by atoms with Crippen LogP contribution in [0.3, 0.4) is 0 Å². The normalized spacial score (nSPS) is 16.6. The standard InChI is InChI=1S/C17H19NO/c18-17(19)16-11-5-9-14-13(8-4-10-15(14)16)12-6-2-1-3-7-12/h4-5,8-12H,1-3,6-7H2,(H2,18,19). The van der Waals surface area contributed by atoms with E-state index in [0.29, 0.717) is 11.5 Å². The molecular weight excluding hydrogens is 234 g/mol. The summed E-state index contributed by atoms with van der Waals surface area (Å²) in [4.78, 5) is 11.5. The van der Waals surface area contributed by atoms with Crippen LogP contribution in [0.4, 0.5) is 0 Å². The van der Waals surface area contributed by atoms with E-state index in [1.165, 1.54) is 43.1 Å². The minimum absolute atomic E-state index is 0.341. The monoisotopic (exact) mass is 253 g/mol. The maximum atomic E-state index is 11.5. The third-order valence-electron chi connectivity index (χ3n) is 4.27. The van der Waals surface area contributed by atoms with Crippen molar-refractivity contribution in [3.8, 4) is 0 Å². The molecular formula is C17H19NO. The Morgan fingerprint density at radius 2 is 1.63 bits per heavy atom.